The summed E-state index contributed by atoms with van der Waals surface area (Å²) in [4.78, 5) is 17.2. The van der Waals surface area contributed by atoms with Crippen LogP contribution in [0.4, 0.5) is 5.13 Å². The van der Waals surface area contributed by atoms with Crippen molar-refractivity contribution in [1.82, 2.24) is 4.98 Å². The number of aromatic hydroxyl groups is 1. The number of phenolic OH excluding ortho intramolecular Hbond substituents is 1. The molecule has 18 heavy (non-hydrogen) atoms. The van der Waals surface area contributed by atoms with Gasteiger partial charge in [-0.1, -0.05) is 11.6 Å². The first-order valence-electron chi connectivity index (χ1n) is 5.21. The molecule has 0 aliphatic heterocycles. The molecule has 0 atom stereocenters. The minimum atomic E-state index is -0.405. The minimum absolute atomic E-state index is 0.148. The molecule has 0 saturated carbocycles. The molecule has 4 nitrogen and oxygen atoms in total. The van der Waals surface area contributed by atoms with Crippen molar-refractivity contribution in [3.05, 3.63) is 39.4 Å². The van der Waals surface area contributed by atoms with E-state index in [0.29, 0.717) is 10.2 Å². The van der Waals surface area contributed by atoms with Crippen molar-refractivity contribution in [3.63, 3.8) is 0 Å². The van der Waals surface area contributed by atoms with Crippen LogP contribution in [0.5, 0.6) is 5.75 Å². The molecule has 2 aromatic rings. The quantitative estimate of drug-likeness (QED) is 0.888. The largest absolute Gasteiger partial charge is 0.507 e. The maximum absolute atomic E-state index is 11.9. The van der Waals surface area contributed by atoms with Crippen LogP contribution >= 0.6 is 22.9 Å². The van der Waals surface area contributed by atoms with Crippen molar-refractivity contribution < 1.29 is 9.90 Å². The lowest BCUT2D eigenvalue weighted by Crippen LogP contribution is -2.11. The van der Waals surface area contributed by atoms with E-state index in [1.54, 1.807) is 6.07 Å². The summed E-state index contributed by atoms with van der Waals surface area (Å²) < 4.78 is 0. The van der Waals surface area contributed by atoms with E-state index in [2.05, 4.69) is 10.3 Å². The van der Waals surface area contributed by atoms with E-state index in [4.69, 9.17) is 11.6 Å². The molecule has 94 valence electrons. The van der Waals surface area contributed by atoms with Gasteiger partial charge in [-0.25, -0.2) is 4.98 Å². The fourth-order valence-electron chi connectivity index (χ4n) is 1.39. The molecule has 0 bridgehead atoms. The third kappa shape index (κ3) is 2.63. The Bertz CT molecular complexity index is 591. The van der Waals surface area contributed by atoms with Gasteiger partial charge < -0.3 is 5.11 Å². The molecule has 6 heteroatoms. The Hall–Kier alpha value is -1.59. The number of anilines is 1. The first kappa shape index (κ1) is 12.9. The molecule has 1 amide bonds. The maximum atomic E-state index is 11.9. The Labute approximate surface area is 113 Å². The van der Waals surface area contributed by atoms with E-state index < -0.39 is 5.91 Å². The second kappa shape index (κ2) is 4.96. The van der Waals surface area contributed by atoms with Gasteiger partial charge in [0, 0.05) is 9.90 Å². The normalized spacial score (nSPS) is 10.4. The van der Waals surface area contributed by atoms with Gasteiger partial charge in [0.05, 0.1) is 11.3 Å². The van der Waals surface area contributed by atoms with E-state index in [9.17, 15) is 9.90 Å². The second-order valence-electron chi connectivity index (χ2n) is 3.78. The molecule has 0 spiro atoms. The summed E-state index contributed by atoms with van der Waals surface area (Å²) in [5.74, 6) is -0.553. The van der Waals surface area contributed by atoms with Crippen LogP contribution in [-0.2, 0) is 0 Å². The smallest absolute Gasteiger partial charge is 0.261 e. The van der Waals surface area contributed by atoms with Gasteiger partial charge in [0.2, 0.25) is 0 Å². The monoisotopic (exact) mass is 282 g/mol. The number of aromatic nitrogens is 1. The number of carbonyl (C=O) groups excluding carboxylic acids is 1. The summed E-state index contributed by atoms with van der Waals surface area (Å²) in [5, 5.41) is 13.2. The molecule has 0 unspecified atom stereocenters. The lowest BCUT2D eigenvalue weighted by molar-refractivity contribution is 0.102. The topological polar surface area (TPSA) is 62.2 Å². The number of hydrogen-bond donors (Lipinski definition) is 2. The Morgan fingerprint density at radius 1 is 1.44 bits per heavy atom. The molecular weight excluding hydrogens is 272 g/mol. The van der Waals surface area contributed by atoms with Crippen molar-refractivity contribution in [3.8, 4) is 5.75 Å². The Kier molecular flexibility index (Phi) is 3.54. The summed E-state index contributed by atoms with van der Waals surface area (Å²) in [5.41, 5.74) is 1.06. The number of amides is 1. The van der Waals surface area contributed by atoms with Gasteiger partial charge in [-0.05, 0) is 32.0 Å². The fourth-order valence-corrected chi connectivity index (χ4v) is 2.36. The molecule has 0 saturated heterocycles. The number of hydrogen-bond acceptors (Lipinski definition) is 4. The third-order valence-electron chi connectivity index (χ3n) is 2.45. The standard InChI is InChI=1S/C12H11ClN2O2S/c1-6-7(2)18-12(14-6)15-11(17)9-4-3-8(13)5-10(9)16/h3-5,16H,1-2H3,(H,14,15,17). The Morgan fingerprint density at radius 3 is 2.72 bits per heavy atom. The minimum Gasteiger partial charge on any atom is -0.507 e. The van der Waals surface area contributed by atoms with E-state index in [1.165, 1.54) is 23.5 Å². The summed E-state index contributed by atoms with van der Waals surface area (Å²) in [6.45, 7) is 3.81. The van der Waals surface area contributed by atoms with Crippen LogP contribution < -0.4 is 5.32 Å². The third-order valence-corrected chi connectivity index (χ3v) is 3.68. The molecule has 0 aliphatic rings. The van der Waals surface area contributed by atoms with E-state index in [-0.39, 0.29) is 11.3 Å². The van der Waals surface area contributed by atoms with Crippen molar-refractivity contribution >= 4 is 34.0 Å². The van der Waals surface area contributed by atoms with Crippen molar-refractivity contribution in [1.29, 1.82) is 0 Å². The number of phenols is 1. The summed E-state index contributed by atoms with van der Waals surface area (Å²) in [7, 11) is 0. The Balaban J connectivity index is 2.22. The molecule has 1 aromatic carbocycles. The average molecular weight is 283 g/mol. The number of nitrogens with one attached hydrogen (secondary N) is 1. The predicted molar refractivity (Wildman–Crippen MR) is 72.7 cm³/mol. The number of halogens is 1. The lowest BCUT2D eigenvalue weighted by Gasteiger charge is -2.04. The van der Waals surface area contributed by atoms with Crippen molar-refractivity contribution in [2.45, 2.75) is 13.8 Å². The molecule has 2 rings (SSSR count). The molecular formula is C12H11ClN2O2S. The van der Waals surface area contributed by atoms with Gasteiger partial charge in [-0.3, -0.25) is 10.1 Å². The average Bonchev–Trinajstić information content (AvgIpc) is 2.57. The van der Waals surface area contributed by atoms with E-state index in [0.717, 1.165) is 10.6 Å². The second-order valence-corrected chi connectivity index (χ2v) is 5.42. The summed E-state index contributed by atoms with van der Waals surface area (Å²) in [6.07, 6.45) is 0. The highest BCUT2D eigenvalue weighted by Gasteiger charge is 2.13. The number of carbonyl (C=O) groups is 1. The molecule has 0 radical (unpaired) electrons. The van der Waals surface area contributed by atoms with E-state index >= 15 is 0 Å². The molecule has 1 aromatic heterocycles. The van der Waals surface area contributed by atoms with Crippen LogP contribution in [-0.4, -0.2) is 16.0 Å². The maximum Gasteiger partial charge on any atom is 0.261 e. The van der Waals surface area contributed by atoms with Gasteiger partial charge in [0.1, 0.15) is 5.75 Å². The van der Waals surface area contributed by atoms with Crippen LogP contribution in [0, 0.1) is 13.8 Å². The predicted octanol–water partition coefficient (Wildman–Crippen LogP) is 3.37. The molecule has 0 aliphatic carbocycles. The van der Waals surface area contributed by atoms with Crippen LogP contribution in [0.25, 0.3) is 0 Å². The Morgan fingerprint density at radius 2 is 2.17 bits per heavy atom. The molecule has 0 fully saturated rings. The summed E-state index contributed by atoms with van der Waals surface area (Å²) in [6, 6.07) is 4.35. The number of aryl methyl sites for hydroxylation is 2. The van der Waals surface area contributed by atoms with Gasteiger partial charge >= 0.3 is 0 Å². The highest BCUT2D eigenvalue weighted by molar-refractivity contribution is 7.15. The van der Waals surface area contributed by atoms with Crippen LogP contribution in [0.2, 0.25) is 5.02 Å². The van der Waals surface area contributed by atoms with Crippen molar-refractivity contribution in [2.75, 3.05) is 5.32 Å². The first-order chi connectivity index (χ1) is 8.47. The van der Waals surface area contributed by atoms with Crippen LogP contribution in [0.15, 0.2) is 18.2 Å². The molecule has 1 heterocycles. The summed E-state index contributed by atoms with van der Waals surface area (Å²) >= 11 is 7.10. The first-order valence-corrected chi connectivity index (χ1v) is 6.40. The zero-order chi connectivity index (χ0) is 13.3. The zero-order valence-corrected chi connectivity index (χ0v) is 11.4. The van der Waals surface area contributed by atoms with E-state index in [1.807, 2.05) is 13.8 Å². The highest BCUT2D eigenvalue weighted by atomic mass is 35.5. The number of rotatable bonds is 2. The number of thiazole rings is 1. The van der Waals surface area contributed by atoms with Gasteiger partial charge in [-0.15, -0.1) is 11.3 Å². The van der Waals surface area contributed by atoms with Gasteiger partial charge in [-0.2, -0.15) is 0 Å². The van der Waals surface area contributed by atoms with Crippen LogP contribution in [0.3, 0.4) is 0 Å². The zero-order valence-electron chi connectivity index (χ0n) is 9.82. The van der Waals surface area contributed by atoms with Gasteiger partial charge in [0.25, 0.3) is 5.91 Å². The van der Waals surface area contributed by atoms with Gasteiger partial charge in [0.15, 0.2) is 5.13 Å². The SMILES string of the molecule is Cc1nc(NC(=O)c2ccc(Cl)cc2O)sc1C. The number of nitrogens with zero attached hydrogens (tertiary/aromatic N) is 1. The van der Waals surface area contributed by atoms with Crippen molar-refractivity contribution in [2.24, 2.45) is 0 Å². The fraction of sp³-hybridized carbons (Fsp3) is 0.167. The van der Waals surface area contributed by atoms with Crippen LogP contribution in [0.1, 0.15) is 20.9 Å². The highest BCUT2D eigenvalue weighted by Crippen LogP contribution is 2.25. The molecule has 2 N–H and O–H groups in total. The lowest BCUT2D eigenvalue weighted by atomic mass is 10.2. The number of benzene rings is 1.